The average Bonchev–Trinajstić information content (AvgIpc) is 2.27. The normalized spacial score (nSPS) is 10.1. The Morgan fingerprint density at radius 3 is 2.88 bits per heavy atom. The molecule has 82 valence electrons. The first-order valence-electron chi connectivity index (χ1n) is 4.72. The first kappa shape index (κ1) is 10.9. The molecule has 0 saturated heterocycles. The maximum Gasteiger partial charge on any atom is 0.141 e. The fraction of sp³-hybridized carbons (Fsp3) is 0.0833. The summed E-state index contributed by atoms with van der Waals surface area (Å²) in [5, 5.41) is 0.606. The second kappa shape index (κ2) is 4.94. The molecule has 2 rings (SSSR count). The van der Waals surface area contributed by atoms with E-state index < -0.39 is 0 Å². The number of hydrogen-bond acceptors (Lipinski definition) is 2. The van der Waals surface area contributed by atoms with Gasteiger partial charge in [-0.1, -0.05) is 17.7 Å². The van der Waals surface area contributed by atoms with Gasteiger partial charge < -0.3 is 4.74 Å². The fourth-order valence-electron chi connectivity index (χ4n) is 1.26. The minimum absolute atomic E-state index is 0.269. The summed E-state index contributed by atoms with van der Waals surface area (Å²) in [6, 6.07) is 8.43. The van der Waals surface area contributed by atoms with E-state index in [0.717, 1.165) is 6.20 Å². The quantitative estimate of drug-likeness (QED) is 0.816. The zero-order valence-corrected chi connectivity index (χ0v) is 9.12. The molecule has 0 saturated carbocycles. The van der Waals surface area contributed by atoms with Crippen LogP contribution >= 0.6 is 11.6 Å². The van der Waals surface area contributed by atoms with Gasteiger partial charge in [-0.2, -0.15) is 0 Å². The largest absolute Gasteiger partial charge is 0.489 e. The minimum Gasteiger partial charge on any atom is -0.489 e. The Balaban J connectivity index is 2.02. The number of halogens is 2. The summed E-state index contributed by atoms with van der Waals surface area (Å²) in [7, 11) is 0. The third kappa shape index (κ3) is 2.94. The summed E-state index contributed by atoms with van der Waals surface area (Å²) in [5.41, 5.74) is 0.681. The van der Waals surface area contributed by atoms with Crippen LogP contribution in [0.15, 0.2) is 42.7 Å². The van der Waals surface area contributed by atoms with E-state index in [-0.39, 0.29) is 12.4 Å². The predicted octanol–water partition coefficient (Wildman–Crippen LogP) is 3.45. The lowest BCUT2D eigenvalue weighted by Crippen LogP contribution is -1.96. The molecule has 0 spiro atoms. The van der Waals surface area contributed by atoms with E-state index in [4.69, 9.17) is 16.3 Å². The van der Waals surface area contributed by atoms with Crippen LogP contribution in [-0.4, -0.2) is 4.98 Å². The van der Waals surface area contributed by atoms with Gasteiger partial charge in [-0.25, -0.2) is 4.39 Å². The second-order valence-electron chi connectivity index (χ2n) is 3.26. The molecule has 16 heavy (non-hydrogen) atoms. The van der Waals surface area contributed by atoms with Crippen molar-refractivity contribution in [1.82, 2.24) is 4.98 Å². The fourth-order valence-corrected chi connectivity index (χ4v) is 1.44. The number of rotatable bonds is 3. The smallest absolute Gasteiger partial charge is 0.141 e. The Kier molecular flexibility index (Phi) is 3.37. The van der Waals surface area contributed by atoms with Crippen molar-refractivity contribution in [2.45, 2.75) is 6.61 Å². The van der Waals surface area contributed by atoms with Crippen molar-refractivity contribution in [2.75, 3.05) is 0 Å². The van der Waals surface area contributed by atoms with Gasteiger partial charge in [0, 0.05) is 16.8 Å². The van der Waals surface area contributed by atoms with E-state index in [1.807, 2.05) is 0 Å². The van der Waals surface area contributed by atoms with Crippen LogP contribution < -0.4 is 4.74 Å². The molecule has 0 unspecified atom stereocenters. The topological polar surface area (TPSA) is 22.1 Å². The molecular formula is C12H9ClFNO. The van der Waals surface area contributed by atoms with Gasteiger partial charge in [0.1, 0.15) is 18.2 Å². The lowest BCUT2D eigenvalue weighted by Gasteiger charge is -2.05. The number of ether oxygens (including phenoxy) is 1. The average molecular weight is 238 g/mol. The van der Waals surface area contributed by atoms with Crippen molar-refractivity contribution < 1.29 is 9.13 Å². The van der Waals surface area contributed by atoms with Crippen molar-refractivity contribution >= 4 is 11.6 Å². The Labute approximate surface area is 97.7 Å². The molecular weight excluding hydrogens is 229 g/mol. The van der Waals surface area contributed by atoms with Gasteiger partial charge in [0.25, 0.3) is 0 Å². The van der Waals surface area contributed by atoms with Gasteiger partial charge in [0.05, 0.1) is 6.20 Å². The van der Waals surface area contributed by atoms with Crippen LogP contribution in [0.1, 0.15) is 5.56 Å². The van der Waals surface area contributed by atoms with Crippen LogP contribution in [0.4, 0.5) is 4.39 Å². The summed E-state index contributed by atoms with van der Waals surface area (Å²) < 4.78 is 18.3. The monoisotopic (exact) mass is 237 g/mol. The molecule has 2 aromatic rings. The molecule has 2 nitrogen and oxygen atoms in total. The summed E-state index contributed by atoms with van der Waals surface area (Å²) >= 11 is 5.80. The highest BCUT2D eigenvalue weighted by molar-refractivity contribution is 6.30. The van der Waals surface area contributed by atoms with Crippen molar-refractivity contribution in [3.63, 3.8) is 0 Å². The molecule has 0 fully saturated rings. The zero-order chi connectivity index (χ0) is 11.4. The Morgan fingerprint density at radius 1 is 1.25 bits per heavy atom. The lowest BCUT2D eigenvalue weighted by atomic mass is 10.3. The number of hydrogen-bond donors (Lipinski definition) is 0. The van der Waals surface area contributed by atoms with Gasteiger partial charge in [-0.05, 0) is 24.3 Å². The molecule has 0 atom stereocenters. The van der Waals surface area contributed by atoms with E-state index in [1.54, 1.807) is 30.5 Å². The third-order valence-electron chi connectivity index (χ3n) is 1.96. The summed E-state index contributed by atoms with van der Waals surface area (Å²) in [4.78, 5) is 3.73. The summed E-state index contributed by atoms with van der Waals surface area (Å²) in [6.07, 6.45) is 2.72. The van der Waals surface area contributed by atoms with Crippen LogP contribution in [-0.2, 0) is 6.61 Å². The van der Waals surface area contributed by atoms with Crippen LogP contribution in [0.3, 0.4) is 0 Å². The zero-order valence-electron chi connectivity index (χ0n) is 8.36. The van der Waals surface area contributed by atoms with Crippen LogP contribution in [0.5, 0.6) is 5.75 Å². The molecule has 0 aliphatic heterocycles. The van der Waals surface area contributed by atoms with E-state index in [2.05, 4.69) is 4.98 Å². The van der Waals surface area contributed by atoms with Crippen LogP contribution in [0, 0.1) is 5.82 Å². The van der Waals surface area contributed by atoms with Gasteiger partial charge >= 0.3 is 0 Å². The van der Waals surface area contributed by atoms with Gasteiger partial charge in [-0.3, -0.25) is 4.98 Å². The Hall–Kier alpha value is -1.61. The molecule has 0 aliphatic carbocycles. The second-order valence-corrected chi connectivity index (χ2v) is 3.69. The minimum atomic E-state index is -0.368. The molecule has 0 radical (unpaired) electrons. The molecule has 1 aromatic heterocycles. The number of aromatic nitrogens is 1. The Morgan fingerprint density at radius 2 is 2.12 bits per heavy atom. The van der Waals surface area contributed by atoms with E-state index >= 15 is 0 Å². The number of pyridine rings is 1. The number of benzene rings is 1. The molecule has 0 N–H and O–H groups in total. The van der Waals surface area contributed by atoms with E-state index in [1.165, 1.54) is 6.07 Å². The van der Waals surface area contributed by atoms with Crippen molar-refractivity contribution in [1.29, 1.82) is 0 Å². The van der Waals surface area contributed by atoms with E-state index in [0.29, 0.717) is 16.3 Å². The highest BCUT2D eigenvalue weighted by Gasteiger charge is 1.98. The number of nitrogens with zero attached hydrogens (tertiary/aromatic N) is 1. The highest BCUT2D eigenvalue weighted by Crippen LogP contribution is 2.18. The molecule has 0 amide bonds. The SMILES string of the molecule is Fc1cncc(COc2cccc(Cl)c2)c1. The molecule has 4 heteroatoms. The molecule has 0 aliphatic rings. The van der Waals surface area contributed by atoms with Crippen LogP contribution in [0.2, 0.25) is 5.02 Å². The Bertz CT molecular complexity index is 444. The summed E-state index contributed by atoms with van der Waals surface area (Å²) in [6.45, 7) is 0.269. The first-order chi connectivity index (χ1) is 7.74. The standard InChI is InChI=1S/C12H9ClFNO/c13-10-2-1-3-12(5-10)16-8-9-4-11(14)7-15-6-9/h1-7H,8H2. The predicted molar refractivity (Wildman–Crippen MR) is 60.0 cm³/mol. The van der Waals surface area contributed by atoms with E-state index in [9.17, 15) is 4.39 Å². The maximum atomic E-state index is 12.8. The van der Waals surface area contributed by atoms with Crippen molar-refractivity contribution in [3.05, 3.63) is 59.1 Å². The molecule has 1 heterocycles. The van der Waals surface area contributed by atoms with Crippen LogP contribution in [0.25, 0.3) is 0 Å². The molecule has 0 bridgehead atoms. The van der Waals surface area contributed by atoms with Crippen molar-refractivity contribution in [2.24, 2.45) is 0 Å². The van der Waals surface area contributed by atoms with Gasteiger partial charge in [0.2, 0.25) is 0 Å². The lowest BCUT2D eigenvalue weighted by molar-refractivity contribution is 0.305. The van der Waals surface area contributed by atoms with Gasteiger partial charge in [-0.15, -0.1) is 0 Å². The highest BCUT2D eigenvalue weighted by atomic mass is 35.5. The molecule has 1 aromatic carbocycles. The maximum absolute atomic E-state index is 12.8. The van der Waals surface area contributed by atoms with Gasteiger partial charge in [0.15, 0.2) is 0 Å². The third-order valence-corrected chi connectivity index (χ3v) is 2.20. The van der Waals surface area contributed by atoms with Crippen molar-refractivity contribution in [3.8, 4) is 5.75 Å². The summed E-state index contributed by atoms with van der Waals surface area (Å²) in [5.74, 6) is 0.281. The first-order valence-corrected chi connectivity index (χ1v) is 5.09.